The van der Waals surface area contributed by atoms with E-state index in [-0.39, 0.29) is 23.3 Å². The summed E-state index contributed by atoms with van der Waals surface area (Å²) in [5.74, 6) is -0.400. The van der Waals surface area contributed by atoms with Gasteiger partial charge in [-0.2, -0.15) is 0 Å². The monoisotopic (exact) mass is 612 g/mol. The van der Waals surface area contributed by atoms with Crippen LogP contribution in [-0.2, 0) is 19.1 Å². The van der Waals surface area contributed by atoms with Crippen molar-refractivity contribution in [3.63, 3.8) is 0 Å². The summed E-state index contributed by atoms with van der Waals surface area (Å²) in [6, 6.07) is 18.4. The Morgan fingerprint density at radius 2 is 1.60 bits per heavy atom. The van der Waals surface area contributed by atoms with Crippen molar-refractivity contribution < 1.29 is 23.9 Å². The van der Waals surface area contributed by atoms with Gasteiger partial charge in [0.1, 0.15) is 5.60 Å². The van der Waals surface area contributed by atoms with E-state index in [1.165, 1.54) is 0 Å². The van der Waals surface area contributed by atoms with Crippen LogP contribution in [0.25, 0.3) is 11.1 Å². The summed E-state index contributed by atoms with van der Waals surface area (Å²) in [4.78, 5) is 41.9. The molecule has 2 heterocycles. The van der Waals surface area contributed by atoms with Crippen molar-refractivity contribution in [1.82, 2.24) is 10.2 Å². The molecule has 0 saturated carbocycles. The summed E-state index contributed by atoms with van der Waals surface area (Å²) >= 11 is 0. The van der Waals surface area contributed by atoms with Gasteiger partial charge in [0.2, 0.25) is 0 Å². The number of ether oxygens (including phenoxy) is 2. The number of allylic oxidation sites excluding steroid dienone is 3. The molecule has 45 heavy (non-hydrogen) atoms. The first-order valence-corrected chi connectivity index (χ1v) is 16.4. The number of hydrogen-bond acceptors (Lipinski definition) is 6. The molecule has 1 fully saturated rings. The number of nitrogens with zero attached hydrogens (tertiary/aromatic N) is 1. The minimum atomic E-state index is -0.515. The van der Waals surface area contributed by atoms with Gasteiger partial charge in [-0.15, -0.1) is 0 Å². The Balaban J connectivity index is 1.33. The Bertz CT molecular complexity index is 1470. The summed E-state index contributed by atoms with van der Waals surface area (Å²) in [5, 5.41) is 3.52. The number of dihydropyridines is 1. The van der Waals surface area contributed by atoms with Gasteiger partial charge in [-0.3, -0.25) is 4.79 Å². The minimum Gasteiger partial charge on any atom is -0.462 e. The lowest BCUT2D eigenvalue weighted by molar-refractivity contribution is -0.139. The first-order chi connectivity index (χ1) is 21.3. The van der Waals surface area contributed by atoms with Crippen LogP contribution in [0.2, 0.25) is 0 Å². The summed E-state index contributed by atoms with van der Waals surface area (Å²) < 4.78 is 11.5. The maximum atomic E-state index is 13.9. The fourth-order valence-corrected chi connectivity index (χ4v) is 6.83. The van der Waals surface area contributed by atoms with Crippen molar-refractivity contribution in [2.24, 2.45) is 11.3 Å². The molecule has 2 aliphatic heterocycles. The number of esters is 1. The van der Waals surface area contributed by atoms with Gasteiger partial charge in [0.05, 0.1) is 12.2 Å². The van der Waals surface area contributed by atoms with Crippen molar-refractivity contribution in [2.75, 3.05) is 19.7 Å². The molecular weight excluding hydrogens is 564 g/mol. The molecule has 1 unspecified atom stereocenters. The Hall–Kier alpha value is -3.87. The highest BCUT2D eigenvalue weighted by atomic mass is 16.6. The van der Waals surface area contributed by atoms with Crippen molar-refractivity contribution in [3.05, 3.63) is 82.7 Å². The number of likely N-dealkylation sites (tertiary alicyclic amines) is 1. The van der Waals surface area contributed by atoms with Gasteiger partial charge in [0.25, 0.3) is 0 Å². The highest BCUT2D eigenvalue weighted by Crippen LogP contribution is 2.47. The van der Waals surface area contributed by atoms with Crippen LogP contribution in [0.4, 0.5) is 4.79 Å². The molecule has 0 bridgehead atoms. The van der Waals surface area contributed by atoms with E-state index in [2.05, 4.69) is 55.6 Å². The molecule has 1 amide bonds. The minimum absolute atomic E-state index is 0.0862. The molecule has 0 radical (unpaired) electrons. The van der Waals surface area contributed by atoms with Gasteiger partial charge in [0, 0.05) is 42.4 Å². The predicted molar refractivity (Wildman–Crippen MR) is 176 cm³/mol. The van der Waals surface area contributed by atoms with Gasteiger partial charge in [-0.05, 0) is 80.9 Å². The molecule has 0 aromatic heterocycles. The summed E-state index contributed by atoms with van der Waals surface area (Å²) in [7, 11) is 0. The molecule has 7 heteroatoms. The number of carbonyl (C=O) groups is 3. The van der Waals surface area contributed by atoms with Crippen molar-refractivity contribution in [3.8, 4) is 11.1 Å². The molecule has 1 saturated heterocycles. The third-order valence-electron chi connectivity index (χ3n) is 9.07. The molecule has 7 nitrogen and oxygen atoms in total. The van der Waals surface area contributed by atoms with Crippen LogP contribution in [-0.4, -0.2) is 48.0 Å². The number of nitrogens with one attached hydrogen (secondary N) is 1. The number of hydrogen-bond donors (Lipinski definition) is 1. The van der Waals surface area contributed by atoms with Crippen LogP contribution in [0.15, 0.2) is 77.1 Å². The third kappa shape index (κ3) is 7.69. The van der Waals surface area contributed by atoms with Gasteiger partial charge >= 0.3 is 12.1 Å². The second-order valence-electron chi connectivity index (χ2n) is 14.5. The molecule has 2 aromatic rings. The second kappa shape index (κ2) is 13.2. The van der Waals surface area contributed by atoms with Gasteiger partial charge < -0.3 is 19.7 Å². The first kappa shape index (κ1) is 32.5. The molecule has 0 spiro atoms. The van der Waals surface area contributed by atoms with Crippen molar-refractivity contribution >= 4 is 17.8 Å². The van der Waals surface area contributed by atoms with Crippen LogP contribution in [0.5, 0.6) is 0 Å². The molecule has 1 atom stereocenters. The van der Waals surface area contributed by atoms with Gasteiger partial charge in [-0.1, -0.05) is 75.4 Å². The average molecular weight is 613 g/mol. The first-order valence-electron chi connectivity index (χ1n) is 16.4. The Morgan fingerprint density at radius 3 is 2.22 bits per heavy atom. The van der Waals surface area contributed by atoms with Crippen molar-refractivity contribution in [1.29, 1.82) is 0 Å². The largest absolute Gasteiger partial charge is 0.462 e. The molecule has 5 rings (SSSR count). The van der Waals surface area contributed by atoms with E-state index in [0.29, 0.717) is 49.6 Å². The van der Waals surface area contributed by atoms with E-state index in [4.69, 9.17) is 9.47 Å². The summed E-state index contributed by atoms with van der Waals surface area (Å²) in [6.07, 6.45) is 3.97. The average Bonchev–Trinajstić information content (AvgIpc) is 2.99. The number of carbonyl (C=O) groups excluding carboxylic acids is 3. The molecule has 1 aliphatic carbocycles. The highest BCUT2D eigenvalue weighted by Gasteiger charge is 2.43. The smallest absolute Gasteiger partial charge is 0.410 e. The molecule has 3 aliphatic rings. The van der Waals surface area contributed by atoms with Crippen LogP contribution < -0.4 is 5.32 Å². The van der Waals surface area contributed by atoms with Crippen LogP contribution >= 0.6 is 0 Å². The topological polar surface area (TPSA) is 84.9 Å². The fraction of sp³-hybridized carbons (Fsp3) is 0.500. The quantitative estimate of drug-likeness (QED) is 0.320. The van der Waals surface area contributed by atoms with E-state index in [1.54, 1.807) is 4.90 Å². The lowest BCUT2D eigenvalue weighted by Crippen LogP contribution is -2.42. The third-order valence-corrected chi connectivity index (χ3v) is 9.07. The predicted octanol–water partition coefficient (Wildman–Crippen LogP) is 7.93. The number of ketones is 1. The van der Waals surface area contributed by atoms with Crippen molar-refractivity contribution in [2.45, 2.75) is 91.6 Å². The Kier molecular flexibility index (Phi) is 9.57. The van der Waals surface area contributed by atoms with E-state index < -0.39 is 11.5 Å². The zero-order chi connectivity index (χ0) is 32.4. The van der Waals surface area contributed by atoms with E-state index >= 15 is 0 Å². The summed E-state index contributed by atoms with van der Waals surface area (Å²) in [6.45, 7) is 13.5. The number of benzene rings is 2. The highest BCUT2D eigenvalue weighted by molar-refractivity contribution is 6.04. The maximum Gasteiger partial charge on any atom is 0.410 e. The zero-order valence-corrected chi connectivity index (χ0v) is 27.7. The van der Waals surface area contributed by atoms with Crippen LogP contribution in [0, 0.1) is 11.3 Å². The second-order valence-corrected chi connectivity index (χ2v) is 14.5. The van der Waals surface area contributed by atoms with E-state index in [1.807, 2.05) is 45.9 Å². The lowest BCUT2D eigenvalue weighted by atomic mass is 9.68. The van der Waals surface area contributed by atoms with Crippen LogP contribution in [0.1, 0.15) is 91.5 Å². The number of Topliss-reactive ketones (excluding diaryl/α,β-unsaturated/α-hetero) is 1. The number of rotatable bonds is 7. The lowest BCUT2D eigenvalue weighted by Gasteiger charge is -2.40. The number of piperidine rings is 1. The van der Waals surface area contributed by atoms with E-state index in [9.17, 15) is 14.4 Å². The molecule has 240 valence electrons. The summed E-state index contributed by atoms with van der Waals surface area (Å²) in [5.41, 5.74) is 5.44. The standard InChI is InChI=1S/C38H48N2O5/c1-7-29-34(35(42)44-22-19-25-17-20-40(21-18-25)36(43)45-37(2,3)4)32(33-30(39-29)23-38(5,6)24-31(33)41)28-15-13-27(14-16-28)26-11-9-8-10-12-26/h8-16,25,32,39H,7,17-24H2,1-6H3. The fourth-order valence-electron chi connectivity index (χ4n) is 6.83. The zero-order valence-electron chi connectivity index (χ0n) is 27.7. The van der Waals surface area contributed by atoms with E-state index in [0.717, 1.165) is 53.8 Å². The Morgan fingerprint density at radius 1 is 0.956 bits per heavy atom. The van der Waals surface area contributed by atoms with Crippen LogP contribution in [0.3, 0.4) is 0 Å². The normalized spacial score (nSPS) is 20.4. The molecular formula is C38H48N2O5. The van der Waals surface area contributed by atoms with Gasteiger partial charge in [0.15, 0.2) is 5.78 Å². The maximum absolute atomic E-state index is 13.9. The SMILES string of the molecule is CCC1=C(C(=O)OCCC2CCN(C(=O)OC(C)(C)C)CC2)C(c2ccc(-c3ccccc3)cc2)C2=C(CC(C)(C)CC2=O)N1. The Labute approximate surface area is 268 Å². The number of amides is 1. The van der Waals surface area contributed by atoms with Gasteiger partial charge in [-0.25, -0.2) is 9.59 Å². The molecule has 1 N–H and O–H groups in total. The molecule has 2 aromatic carbocycles.